The Hall–Kier alpha value is -9.84. The number of benzene rings is 6. The van der Waals surface area contributed by atoms with Crippen LogP contribution in [0.5, 0.6) is 17.2 Å². The van der Waals surface area contributed by atoms with E-state index in [0.29, 0.717) is 19.6 Å². The molecule has 3 atom stereocenters. The summed E-state index contributed by atoms with van der Waals surface area (Å²) in [4.78, 5) is 45.5. The SMILES string of the molecule is COc1ccc2c(c1)NC1(CCN(c3ccc(-c4cn[nH]c4)cc3)C1=O)C2.COc1ccc2c(c1)NC1(CCN(c3ccc(-c4cn[nH]c4)cc3)C1=O)C2.COc1ccc2c(c1)NC1(CCN(c3ccc(-c4cn[nH]c4)cc3)C1=O)C2. The van der Waals surface area contributed by atoms with E-state index in [4.69, 9.17) is 14.2 Å². The van der Waals surface area contributed by atoms with Crippen molar-refractivity contribution in [3.8, 4) is 50.6 Å². The Kier molecular flexibility index (Phi) is 12.8. The molecule has 3 unspecified atom stereocenters. The Morgan fingerprint density at radius 1 is 0.383 bits per heavy atom. The number of carbonyl (C=O) groups is 3. The van der Waals surface area contributed by atoms with E-state index in [-0.39, 0.29) is 17.7 Å². The topological polar surface area (TPSA) is 211 Å². The third kappa shape index (κ3) is 9.21. The summed E-state index contributed by atoms with van der Waals surface area (Å²) in [6, 6.07) is 42.1. The largest absolute Gasteiger partial charge is 0.497 e. The number of hydrogen-bond acceptors (Lipinski definition) is 12. The molecule has 18 heteroatoms. The summed E-state index contributed by atoms with van der Waals surface area (Å²) < 4.78 is 15.9. The molecule has 6 aliphatic rings. The summed E-state index contributed by atoms with van der Waals surface area (Å²) in [6.45, 7) is 2.13. The van der Waals surface area contributed by atoms with Crippen molar-refractivity contribution in [1.82, 2.24) is 30.6 Å². The van der Waals surface area contributed by atoms with Crippen LogP contribution in [0.3, 0.4) is 0 Å². The van der Waals surface area contributed by atoms with Gasteiger partial charge in [-0.3, -0.25) is 29.7 Å². The quantitative estimate of drug-likeness (QED) is 0.0798. The van der Waals surface area contributed by atoms with E-state index in [9.17, 15) is 14.4 Å². The van der Waals surface area contributed by atoms with Crippen LogP contribution in [0, 0.1) is 0 Å². The highest BCUT2D eigenvalue weighted by molar-refractivity contribution is 6.08. The number of methoxy groups -OCH3 is 3. The van der Waals surface area contributed by atoms with Gasteiger partial charge in [-0.15, -0.1) is 0 Å². The molecule has 6 aromatic carbocycles. The summed E-state index contributed by atoms with van der Waals surface area (Å²) in [5.41, 5.74) is 14.0. The Bertz CT molecular complexity index is 3390. The second-order valence-electron chi connectivity index (χ2n) is 21.4. The number of carbonyl (C=O) groups excluding carboxylic acids is 3. The molecule has 6 aliphatic heterocycles. The molecule has 0 bridgehead atoms. The summed E-state index contributed by atoms with van der Waals surface area (Å²) in [7, 11) is 4.96. The van der Waals surface area contributed by atoms with Crippen LogP contribution in [0.2, 0.25) is 0 Å². The normalized spacial score (nSPS) is 20.8. The Balaban J connectivity index is 0.000000114. The Morgan fingerprint density at radius 2 is 0.667 bits per heavy atom. The zero-order valence-electron chi connectivity index (χ0n) is 45.1. The van der Waals surface area contributed by atoms with Crippen molar-refractivity contribution >= 4 is 51.8 Å². The standard InChI is InChI=1S/3C21H20N4O2/c3*1-27-18-7-4-15-11-21(24-19(15)10-18)8-9-25(20(21)26)17-5-2-14(3-6-17)16-12-22-23-13-16/h3*2-7,10,12-13,24H,8-9,11H2,1H3,(H,22,23). The van der Waals surface area contributed by atoms with Crippen molar-refractivity contribution in [2.75, 3.05) is 71.6 Å². The molecule has 408 valence electrons. The maximum absolute atomic E-state index is 13.3. The van der Waals surface area contributed by atoms with Gasteiger partial charge in [0.05, 0.1) is 39.9 Å². The molecule has 0 radical (unpaired) electrons. The van der Waals surface area contributed by atoms with Crippen molar-refractivity contribution in [3.63, 3.8) is 0 Å². The van der Waals surface area contributed by atoms with E-state index in [2.05, 4.69) is 46.5 Å². The minimum Gasteiger partial charge on any atom is -0.497 e. The van der Waals surface area contributed by atoms with Crippen LogP contribution in [0.25, 0.3) is 33.4 Å². The van der Waals surface area contributed by atoms with Crippen LogP contribution >= 0.6 is 0 Å². The molecule has 3 aromatic heterocycles. The highest BCUT2D eigenvalue weighted by Crippen LogP contribution is 2.45. The third-order valence-corrected chi connectivity index (χ3v) is 16.8. The molecule has 3 saturated heterocycles. The lowest BCUT2D eigenvalue weighted by atomic mass is 9.93. The van der Waals surface area contributed by atoms with Gasteiger partial charge in [-0.05, 0) is 107 Å². The number of rotatable bonds is 9. The first-order valence-corrected chi connectivity index (χ1v) is 27.1. The molecule has 9 heterocycles. The van der Waals surface area contributed by atoms with Gasteiger partial charge in [0.2, 0.25) is 0 Å². The van der Waals surface area contributed by atoms with Gasteiger partial charge >= 0.3 is 0 Å². The number of fused-ring (bicyclic) bond motifs is 3. The minimum absolute atomic E-state index is 0.133. The van der Waals surface area contributed by atoms with Gasteiger partial charge in [-0.2, -0.15) is 15.3 Å². The Labute approximate surface area is 467 Å². The number of anilines is 6. The summed E-state index contributed by atoms with van der Waals surface area (Å²) in [5.74, 6) is 2.80. The van der Waals surface area contributed by atoms with Crippen molar-refractivity contribution in [2.24, 2.45) is 0 Å². The van der Waals surface area contributed by atoms with Gasteiger partial charge < -0.3 is 44.9 Å². The fourth-order valence-electron chi connectivity index (χ4n) is 12.4. The van der Waals surface area contributed by atoms with Crippen LogP contribution in [-0.2, 0) is 33.6 Å². The van der Waals surface area contributed by atoms with Gasteiger partial charge in [-0.25, -0.2) is 0 Å². The number of amides is 3. The van der Waals surface area contributed by atoms with Crippen LogP contribution in [0.4, 0.5) is 34.1 Å². The first kappa shape index (κ1) is 50.7. The molecule has 18 nitrogen and oxygen atoms in total. The van der Waals surface area contributed by atoms with Crippen LogP contribution in [0.15, 0.2) is 165 Å². The smallest absolute Gasteiger partial charge is 0.253 e. The first-order chi connectivity index (χ1) is 39.5. The fraction of sp³-hybridized carbons (Fsp3) is 0.238. The highest BCUT2D eigenvalue weighted by atomic mass is 16.5. The molecule has 0 aliphatic carbocycles. The van der Waals surface area contributed by atoms with Crippen LogP contribution in [-0.4, -0.2) is 106 Å². The lowest BCUT2D eigenvalue weighted by molar-refractivity contribution is -0.121. The van der Waals surface area contributed by atoms with E-state index in [1.54, 1.807) is 39.9 Å². The van der Waals surface area contributed by atoms with E-state index in [1.165, 1.54) is 16.7 Å². The van der Waals surface area contributed by atoms with Crippen molar-refractivity contribution in [1.29, 1.82) is 0 Å². The second kappa shape index (κ2) is 20.4. The van der Waals surface area contributed by atoms with E-state index in [1.807, 2.05) is 161 Å². The average Bonchev–Trinajstić information content (AvgIpc) is 4.24. The number of nitrogens with one attached hydrogen (secondary N) is 6. The zero-order valence-corrected chi connectivity index (χ0v) is 45.1. The summed E-state index contributed by atoms with van der Waals surface area (Å²) in [5, 5.41) is 30.9. The summed E-state index contributed by atoms with van der Waals surface area (Å²) >= 11 is 0. The highest BCUT2D eigenvalue weighted by Gasteiger charge is 2.53. The van der Waals surface area contributed by atoms with E-state index < -0.39 is 16.6 Å². The third-order valence-electron chi connectivity index (χ3n) is 16.8. The predicted octanol–water partition coefficient (Wildman–Crippen LogP) is 9.69. The molecule has 3 fully saturated rings. The van der Waals surface area contributed by atoms with Gasteiger partial charge in [0.15, 0.2) is 0 Å². The average molecular weight is 1080 g/mol. The number of H-pyrrole nitrogens is 3. The van der Waals surface area contributed by atoms with Crippen molar-refractivity contribution < 1.29 is 28.6 Å². The molecular weight excluding hydrogens is 1020 g/mol. The van der Waals surface area contributed by atoms with Crippen molar-refractivity contribution in [3.05, 3.63) is 181 Å². The van der Waals surface area contributed by atoms with Crippen LogP contribution in [0.1, 0.15) is 36.0 Å². The number of ether oxygens (including phenoxy) is 3. The predicted molar refractivity (Wildman–Crippen MR) is 312 cm³/mol. The number of aromatic nitrogens is 6. The Morgan fingerprint density at radius 3 is 0.914 bits per heavy atom. The number of hydrogen-bond donors (Lipinski definition) is 6. The number of nitrogens with zero attached hydrogens (tertiary/aromatic N) is 6. The maximum atomic E-state index is 13.3. The summed E-state index contributed by atoms with van der Waals surface area (Å²) in [6.07, 6.45) is 15.5. The van der Waals surface area contributed by atoms with Crippen molar-refractivity contribution in [2.45, 2.75) is 55.1 Å². The fourth-order valence-corrected chi connectivity index (χ4v) is 12.4. The lowest BCUT2D eigenvalue weighted by Gasteiger charge is -2.24. The molecular formula is C63H60N12O6. The molecule has 0 saturated carbocycles. The van der Waals surface area contributed by atoms with Gasteiger partial charge in [0, 0.05) is 127 Å². The minimum atomic E-state index is -0.544. The van der Waals surface area contributed by atoms with E-state index in [0.717, 1.165) is 123 Å². The van der Waals surface area contributed by atoms with Gasteiger partial charge in [0.1, 0.15) is 33.9 Å². The molecule has 81 heavy (non-hydrogen) atoms. The zero-order chi connectivity index (χ0) is 55.3. The molecule has 15 rings (SSSR count). The first-order valence-electron chi connectivity index (χ1n) is 27.1. The lowest BCUT2D eigenvalue weighted by Crippen LogP contribution is -2.45. The monoisotopic (exact) mass is 1080 g/mol. The molecule has 6 N–H and O–H groups in total. The van der Waals surface area contributed by atoms with Gasteiger partial charge in [-0.1, -0.05) is 54.6 Å². The van der Waals surface area contributed by atoms with E-state index >= 15 is 0 Å². The molecule has 9 aromatic rings. The second-order valence-corrected chi connectivity index (χ2v) is 21.4. The number of aromatic amines is 3. The maximum Gasteiger partial charge on any atom is 0.253 e. The van der Waals surface area contributed by atoms with Gasteiger partial charge in [0.25, 0.3) is 17.7 Å². The molecule has 3 amide bonds. The molecule has 3 spiro atoms. The van der Waals surface area contributed by atoms with Crippen LogP contribution < -0.4 is 44.9 Å².